The third-order valence-electron chi connectivity index (χ3n) is 3.54. The van der Waals surface area contributed by atoms with E-state index in [1.165, 1.54) is 13.2 Å². The molecule has 0 saturated carbocycles. The van der Waals surface area contributed by atoms with Gasteiger partial charge in [-0.05, 0) is 30.3 Å². The molecule has 0 fully saturated rings. The molecule has 0 bridgehead atoms. The number of esters is 1. The molecular weight excluding hydrogens is 362 g/mol. The maximum absolute atomic E-state index is 12.1. The number of nitrogens with one attached hydrogen (secondary N) is 1. The Bertz CT molecular complexity index is 838. The monoisotopic (exact) mass is 377 g/mol. The highest BCUT2D eigenvalue weighted by Gasteiger charge is 2.17. The van der Waals surface area contributed by atoms with E-state index >= 15 is 0 Å². The third kappa shape index (κ3) is 4.18. The zero-order chi connectivity index (χ0) is 18.5. The van der Waals surface area contributed by atoms with Crippen molar-refractivity contribution in [2.24, 2.45) is 0 Å². The van der Waals surface area contributed by atoms with Crippen LogP contribution < -0.4 is 19.5 Å². The predicted octanol–water partition coefficient (Wildman–Crippen LogP) is 2.92. The number of fused-ring (bicyclic) bond motifs is 1. The first-order valence-electron chi connectivity index (χ1n) is 7.77. The highest BCUT2D eigenvalue weighted by atomic mass is 35.5. The van der Waals surface area contributed by atoms with Gasteiger partial charge < -0.3 is 24.3 Å². The summed E-state index contributed by atoms with van der Waals surface area (Å²) in [4.78, 5) is 24.2. The highest BCUT2D eigenvalue weighted by Crippen LogP contribution is 2.32. The van der Waals surface area contributed by atoms with E-state index in [0.29, 0.717) is 41.2 Å². The molecule has 3 rings (SSSR count). The van der Waals surface area contributed by atoms with Crippen LogP contribution in [0.15, 0.2) is 36.4 Å². The molecule has 0 radical (unpaired) electrons. The Morgan fingerprint density at radius 1 is 1.12 bits per heavy atom. The lowest BCUT2D eigenvalue weighted by Gasteiger charge is -2.19. The van der Waals surface area contributed by atoms with E-state index in [9.17, 15) is 9.59 Å². The first-order chi connectivity index (χ1) is 12.6. The zero-order valence-electron chi connectivity index (χ0n) is 13.9. The number of hydrogen-bond acceptors (Lipinski definition) is 6. The van der Waals surface area contributed by atoms with Gasteiger partial charge in [-0.15, -0.1) is 0 Å². The summed E-state index contributed by atoms with van der Waals surface area (Å²) >= 11 is 5.88. The SMILES string of the molecule is COc1ccc(Cl)cc1C(=O)OCC(=O)Nc1ccc2c(c1)OCCO2. The summed E-state index contributed by atoms with van der Waals surface area (Å²) in [7, 11) is 1.43. The number of anilines is 1. The van der Waals surface area contributed by atoms with Crippen LogP contribution >= 0.6 is 11.6 Å². The van der Waals surface area contributed by atoms with Crippen LogP contribution in [0.1, 0.15) is 10.4 Å². The molecule has 2 aromatic rings. The van der Waals surface area contributed by atoms with Gasteiger partial charge in [-0.25, -0.2) is 4.79 Å². The van der Waals surface area contributed by atoms with E-state index in [4.69, 9.17) is 30.5 Å². The Hall–Kier alpha value is -2.93. The molecule has 8 heteroatoms. The molecule has 0 unspecified atom stereocenters. The topological polar surface area (TPSA) is 83.1 Å². The first-order valence-corrected chi connectivity index (χ1v) is 8.15. The van der Waals surface area contributed by atoms with Gasteiger partial charge in [0.25, 0.3) is 5.91 Å². The number of methoxy groups -OCH3 is 1. The molecule has 1 aliphatic heterocycles. The summed E-state index contributed by atoms with van der Waals surface area (Å²) in [5.41, 5.74) is 0.655. The van der Waals surface area contributed by atoms with Gasteiger partial charge in [-0.2, -0.15) is 0 Å². The second-order valence-corrected chi connectivity index (χ2v) is 5.76. The van der Waals surface area contributed by atoms with Crippen molar-refractivity contribution < 1.29 is 28.5 Å². The molecule has 0 aromatic heterocycles. The van der Waals surface area contributed by atoms with Crippen molar-refractivity contribution in [1.82, 2.24) is 0 Å². The number of benzene rings is 2. The fraction of sp³-hybridized carbons (Fsp3) is 0.222. The van der Waals surface area contributed by atoms with Crippen LogP contribution in [0.5, 0.6) is 17.2 Å². The predicted molar refractivity (Wildman–Crippen MR) is 94.3 cm³/mol. The Morgan fingerprint density at radius 3 is 2.65 bits per heavy atom. The van der Waals surface area contributed by atoms with E-state index in [0.717, 1.165) is 0 Å². The maximum Gasteiger partial charge on any atom is 0.342 e. The second kappa shape index (κ2) is 7.97. The fourth-order valence-electron chi connectivity index (χ4n) is 2.37. The van der Waals surface area contributed by atoms with E-state index in [-0.39, 0.29) is 5.56 Å². The van der Waals surface area contributed by atoms with Crippen LogP contribution in [-0.2, 0) is 9.53 Å². The van der Waals surface area contributed by atoms with E-state index < -0.39 is 18.5 Å². The minimum Gasteiger partial charge on any atom is -0.496 e. The standard InChI is InChI=1S/C18H16ClNO6/c1-23-14-4-2-11(19)8-13(14)18(22)26-10-17(21)20-12-3-5-15-16(9-12)25-7-6-24-15/h2-5,8-9H,6-7,10H2,1H3,(H,20,21). The number of rotatable bonds is 5. The van der Waals surface area contributed by atoms with Crippen LogP contribution in [0.25, 0.3) is 0 Å². The molecule has 2 aromatic carbocycles. The van der Waals surface area contributed by atoms with Crippen molar-refractivity contribution in [3.05, 3.63) is 47.0 Å². The number of halogens is 1. The Morgan fingerprint density at radius 2 is 1.88 bits per heavy atom. The number of ether oxygens (including phenoxy) is 4. The quantitative estimate of drug-likeness (QED) is 0.807. The maximum atomic E-state index is 12.1. The first kappa shape index (κ1) is 17.9. The Balaban J connectivity index is 1.59. The van der Waals surface area contributed by atoms with Gasteiger partial charge >= 0.3 is 5.97 Å². The van der Waals surface area contributed by atoms with Crippen molar-refractivity contribution in [3.63, 3.8) is 0 Å². The van der Waals surface area contributed by atoms with Crippen LogP contribution in [0.2, 0.25) is 5.02 Å². The second-order valence-electron chi connectivity index (χ2n) is 5.33. The minimum atomic E-state index is -0.707. The molecule has 1 aliphatic rings. The number of hydrogen-bond donors (Lipinski definition) is 1. The summed E-state index contributed by atoms with van der Waals surface area (Å²) in [6.45, 7) is 0.480. The molecule has 1 N–H and O–H groups in total. The van der Waals surface area contributed by atoms with Crippen molar-refractivity contribution in [2.45, 2.75) is 0 Å². The lowest BCUT2D eigenvalue weighted by atomic mass is 10.2. The number of carbonyl (C=O) groups excluding carboxylic acids is 2. The number of carbonyl (C=O) groups is 2. The van der Waals surface area contributed by atoms with Gasteiger partial charge in [-0.3, -0.25) is 4.79 Å². The third-order valence-corrected chi connectivity index (χ3v) is 3.78. The molecular formula is C18H16ClNO6. The summed E-state index contributed by atoms with van der Waals surface area (Å²) in [6.07, 6.45) is 0. The van der Waals surface area contributed by atoms with Gasteiger partial charge in [0.05, 0.1) is 7.11 Å². The summed E-state index contributed by atoms with van der Waals surface area (Å²) in [6, 6.07) is 9.58. The molecule has 136 valence electrons. The van der Waals surface area contributed by atoms with Crippen LogP contribution in [-0.4, -0.2) is 38.8 Å². The fourth-order valence-corrected chi connectivity index (χ4v) is 2.54. The molecule has 26 heavy (non-hydrogen) atoms. The van der Waals surface area contributed by atoms with Gasteiger partial charge in [0, 0.05) is 16.8 Å². The molecule has 0 aliphatic carbocycles. The molecule has 1 amide bonds. The lowest BCUT2D eigenvalue weighted by molar-refractivity contribution is -0.119. The highest BCUT2D eigenvalue weighted by molar-refractivity contribution is 6.31. The largest absolute Gasteiger partial charge is 0.496 e. The zero-order valence-corrected chi connectivity index (χ0v) is 14.7. The summed E-state index contributed by atoms with van der Waals surface area (Å²) in [5, 5.41) is 2.99. The van der Waals surface area contributed by atoms with Gasteiger partial charge in [-0.1, -0.05) is 11.6 Å². The van der Waals surface area contributed by atoms with E-state index in [1.807, 2.05) is 0 Å². The van der Waals surface area contributed by atoms with E-state index in [2.05, 4.69) is 5.32 Å². The van der Waals surface area contributed by atoms with Crippen LogP contribution in [0.4, 0.5) is 5.69 Å². The molecule has 7 nitrogen and oxygen atoms in total. The van der Waals surface area contributed by atoms with Crippen molar-refractivity contribution in [3.8, 4) is 17.2 Å². The average molecular weight is 378 g/mol. The Kier molecular flexibility index (Phi) is 5.48. The Labute approximate surface area is 154 Å². The van der Waals surface area contributed by atoms with Crippen LogP contribution in [0, 0.1) is 0 Å². The molecule has 1 heterocycles. The molecule has 0 atom stereocenters. The van der Waals surface area contributed by atoms with Crippen molar-refractivity contribution in [1.29, 1.82) is 0 Å². The molecule has 0 saturated heterocycles. The molecule has 0 spiro atoms. The normalized spacial score (nSPS) is 12.2. The van der Waals surface area contributed by atoms with Crippen LogP contribution in [0.3, 0.4) is 0 Å². The number of amides is 1. The van der Waals surface area contributed by atoms with Crippen molar-refractivity contribution >= 4 is 29.2 Å². The minimum absolute atomic E-state index is 0.145. The lowest BCUT2D eigenvalue weighted by Crippen LogP contribution is -2.21. The van der Waals surface area contributed by atoms with Gasteiger partial charge in [0.15, 0.2) is 18.1 Å². The van der Waals surface area contributed by atoms with Gasteiger partial charge in [0.2, 0.25) is 0 Å². The van der Waals surface area contributed by atoms with Crippen molar-refractivity contribution in [2.75, 3.05) is 32.2 Å². The average Bonchev–Trinajstić information content (AvgIpc) is 2.66. The summed E-state index contributed by atoms with van der Waals surface area (Å²) in [5.74, 6) is 0.285. The smallest absolute Gasteiger partial charge is 0.342 e. The van der Waals surface area contributed by atoms with Gasteiger partial charge in [0.1, 0.15) is 24.5 Å². The van der Waals surface area contributed by atoms with E-state index in [1.54, 1.807) is 30.3 Å². The summed E-state index contributed by atoms with van der Waals surface area (Å²) < 4.78 is 21.0.